The molecule has 1 atom stereocenters. The highest BCUT2D eigenvalue weighted by Gasteiger charge is 2.23. The summed E-state index contributed by atoms with van der Waals surface area (Å²) in [5.74, 6) is 0.509. The molecule has 1 aromatic carbocycles. The average molecular weight is 443 g/mol. The molecule has 3 N–H and O–H groups in total. The molecule has 1 unspecified atom stereocenters. The van der Waals surface area contributed by atoms with Crippen LogP contribution in [-0.2, 0) is 11.2 Å². The minimum absolute atomic E-state index is 0.164. The minimum atomic E-state index is -0.340. The lowest BCUT2D eigenvalue weighted by Gasteiger charge is -2.37. The van der Waals surface area contributed by atoms with Crippen molar-refractivity contribution < 1.29 is 14.1 Å². The number of piperidine rings is 1. The van der Waals surface area contributed by atoms with E-state index in [2.05, 4.69) is 10.2 Å². The highest BCUT2D eigenvalue weighted by Crippen LogP contribution is 2.24. The molecule has 2 aromatic rings. The van der Waals surface area contributed by atoms with Gasteiger partial charge in [0, 0.05) is 55.8 Å². The lowest BCUT2D eigenvalue weighted by molar-refractivity contribution is -0.384. The number of amides is 1. The summed E-state index contributed by atoms with van der Waals surface area (Å²) < 4.78 is 4.98. The third-order valence-corrected chi connectivity index (χ3v) is 6.12. The standard InChI is InChI=1S/C17H25N3O2.C7H9NO2/c21-20(22)17-10-8-16(9-11-17)19-12-4-7-15(13-19)18-14-5-2-1-3-6-14;8-7(9)4-3-6-2-1-5-10-6/h8-11,14-15,18H,1-7,12-13H2;1-2,5H,3-4H2,(H2,8,9). The zero-order chi connectivity index (χ0) is 22.8. The Morgan fingerprint density at radius 1 is 1.09 bits per heavy atom. The van der Waals surface area contributed by atoms with Gasteiger partial charge in [-0.05, 0) is 49.9 Å². The molecule has 4 rings (SSSR count). The van der Waals surface area contributed by atoms with E-state index >= 15 is 0 Å². The number of rotatable bonds is 7. The molecule has 0 radical (unpaired) electrons. The van der Waals surface area contributed by atoms with E-state index in [1.807, 2.05) is 18.2 Å². The number of nitrogens with zero attached hydrogens (tertiary/aromatic N) is 2. The predicted octanol–water partition coefficient (Wildman–Crippen LogP) is 4.18. The summed E-state index contributed by atoms with van der Waals surface area (Å²) in [7, 11) is 0. The number of nitro benzene ring substituents is 1. The van der Waals surface area contributed by atoms with Crippen LogP contribution in [0.25, 0.3) is 0 Å². The fourth-order valence-corrected chi connectivity index (χ4v) is 4.44. The number of benzene rings is 1. The monoisotopic (exact) mass is 442 g/mol. The number of hydrogen-bond donors (Lipinski definition) is 2. The van der Waals surface area contributed by atoms with Crippen molar-refractivity contribution in [3.8, 4) is 0 Å². The Morgan fingerprint density at radius 3 is 2.44 bits per heavy atom. The Labute approximate surface area is 189 Å². The zero-order valence-corrected chi connectivity index (χ0v) is 18.6. The first kappa shape index (κ1) is 23.8. The number of nitrogens with one attached hydrogen (secondary N) is 1. The van der Waals surface area contributed by atoms with E-state index < -0.39 is 0 Å². The highest BCUT2D eigenvalue weighted by molar-refractivity contribution is 5.73. The van der Waals surface area contributed by atoms with Crippen LogP contribution in [0.3, 0.4) is 0 Å². The number of carbonyl (C=O) groups excluding carboxylic acids is 1. The first-order chi connectivity index (χ1) is 15.5. The number of anilines is 1. The number of nitro groups is 1. The fraction of sp³-hybridized carbons (Fsp3) is 0.542. The Balaban J connectivity index is 0.000000243. The molecule has 2 heterocycles. The second-order valence-electron chi connectivity index (χ2n) is 8.61. The lowest BCUT2D eigenvalue weighted by Crippen LogP contribution is -2.49. The number of non-ortho nitro benzene ring substituents is 1. The molecule has 174 valence electrons. The van der Waals surface area contributed by atoms with Gasteiger partial charge in [0.05, 0.1) is 11.2 Å². The first-order valence-corrected chi connectivity index (χ1v) is 11.6. The van der Waals surface area contributed by atoms with Crippen molar-refractivity contribution in [2.45, 2.75) is 69.9 Å². The van der Waals surface area contributed by atoms with Gasteiger partial charge in [0.1, 0.15) is 5.76 Å². The molecule has 1 amide bonds. The molecule has 1 aliphatic carbocycles. The van der Waals surface area contributed by atoms with Crippen molar-refractivity contribution >= 4 is 17.3 Å². The largest absolute Gasteiger partial charge is 0.469 e. The number of aryl methyl sites for hydroxylation is 1. The van der Waals surface area contributed by atoms with E-state index in [-0.39, 0.29) is 16.5 Å². The van der Waals surface area contributed by atoms with E-state index in [1.165, 1.54) is 44.9 Å². The molecule has 1 aliphatic heterocycles. The minimum Gasteiger partial charge on any atom is -0.469 e. The topological polar surface area (TPSA) is 115 Å². The molecule has 2 fully saturated rings. The Bertz CT molecular complexity index is 832. The van der Waals surface area contributed by atoms with E-state index in [9.17, 15) is 14.9 Å². The Morgan fingerprint density at radius 2 is 1.81 bits per heavy atom. The van der Waals surface area contributed by atoms with Crippen LogP contribution in [0.15, 0.2) is 47.1 Å². The van der Waals surface area contributed by atoms with Crippen LogP contribution in [0.1, 0.15) is 57.1 Å². The summed E-state index contributed by atoms with van der Waals surface area (Å²) in [6.45, 7) is 2.05. The molecule has 8 nitrogen and oxygen atoms in total. The Kier molecular flexibility index (Phi) is 9.10. The van der Waals surface area contributed by atoms with Crippen LogP contribution in [0, 0.1) is 10.1 Å². The third-order valence-electron chi connectivity index (χ3n) is 6.12. The molecular formula is C24H34N4O4. The second kappa shape index (κ2) is 12.2. The van der Waals surface area contributed by atoms with Gasteiger partial charge in [-0.2, -0.15) is 0 Å². The average Bonchev–Trinajstić information content (AvgIpc) is 3.33. The van der Waals surface area contributed by atoms with Gasteiger partial charge in [0.2, 0.25) is 5.91 Å². The van der Waals surface area contributed by atoms with Crippen molar-refractivity contribution in [1.82, 2.24) is 5.32 Å². The van der Waals surface area contributed by atoms with E-state index in [4.69, 9.17) is 10.2 Å². The maximum atomic E-state index is 10.7. The van der Waals surface area contributed by atoms with Gasteiger partial charge >= 0.3 is 0 Å². The van der Waals surface area contributed by atoms with E-state index in [0.29, 0.717) is 24.9 Å². The summed E-state index contributed by atoms with van der Waals surface area (Å²) in [6, 6.07) is 11.8. The molecule has 0 spiro atoms. The van der Waals surface area contributed by atoms with Crippen molar-refractivity contribution in [3.63, 3.8) is 0 Å². The van der Waals surface area contributed by atoms with Gasteiger partial charge in [-0.3, -0.25) is 14.9 Å². The van der Waals surface area contributed by atoms with Gasteiger partial charge in [-0.25, -0.2) is 0 Å². The summed E-state index contributed by atoms with van der Waals surface area (Å²) >= 11 is 0. The molecule has 8 heteroatoms. The predicted molar refractivity (Wildman–Crippen MR) is 125 cm³/mol. The first-order valence-electron chi connectivity index (χ1n) is 11.6. The smallest absolute Gasteiger partial charge is 0.269 e. The maximum absolute atomic E-state index is 10.7. The number of furan rings is 1. The third kappa shape index (κ3) is 7.67. The van der Waals surface area contributed by atoms with Crippen LogP contribution in [0.2, 0.25) is 0 Å². The molecule has 2 aliphatic rings. The molecular weight excluding hydrogens is 408 g/mol. The quantitative estimate of drug-likeness (QED) is 0.491. The molecule has 1 saturated heterocycles. The summed E-state index contributed by atoms with van der Waals surface area (Å²) in [5.41, 5.74) is 6.19. The van der Waals surface area contributed by atoms with Crippen LogP contribution in [-0.4, -0.2) is 36.0 Å². The van der Waals surface area contributed by atoms with E-state index in [1.54, 1.807) is 24.5 Å². The van der Waals surface area contributed by atoms with Crippen molar-refractivity contribution in [1.29, 1.82) is 0 Å². The lowest BCUT2D eigenvalue weighted by atomic mass is 9.93. The normalized spacial score (nSPS) is 19.1. The van der Waals surface area contributed by atoms with Crippen LogP contribution < -0.4 is 16.0 Å². The van der Waals surface area contributed by atoms with Gasteiger partial charge in [-0.1, -0.05) is 19.3 Å². The zero-order valence-electron chi connectivity index (χ0n) is 18.6. The second-order valence-corrected chi connectivity index (χ2v) is 8.61. The van der Waals surface area contributed by atoms with Gasteiger partial charge in [0.25, 0.3) is 5.69 Å². The number of hydrogen-bond acceptors (Lipinski definition) is 6. The fourth-order valence-electron chi connectivity index (χ4n) is 4.44. The SMILES string of the molecule is NC(=O)CCc1ccco1.O=[N+]([O-])c1ccc(N2CCCC(NC3CCCCC3)C2)cc1. The van der Waals surface area contributed by atoms with Crippen molar-refractivity contribution in [3.05, 3.63) is 58.5 Å². The van der Waals surface area contributed by atoms with Crippen LogP contribution >= 0.6 is 0 Å². The maximum Gasteiger partial charge on any atom is 0.269 e. The van der Waals surface area contributed by atoms with Gasteiger partial charge in [-0.15, -0.1) is 0 Å². The van der Waals surface area contributed by atoms with Crippen molar-refractivity contribution in [2.75, 3.05) is 18.0 Å². The van der Waals surface area contributed by atoms with Gasteiger partial charge in [0.15, 0.2) is 0 Å². The Hall–Kier alpha value is -2.87. The summed E-state index contributed by atoms with van der Waals surface area (Å²) in [4.78, 5) is 23.0. The van der Waals surface area contributed by atoms with Crippen LogP contribution in [0.5, 0.6) is 0 Å². The van der Waals surface area contributed by atoms with Crippen LogP contribution in [0.4, 0.5) is 11.4 Å². The highest BCUT2D eigenvalue weighted by atomic mass is 16.6. The van der Waals surface area contributed by atoms with Gasteiger partial charge < -0.3 is 20.4 Å². The van der Waals surface area contributed by atoms with Crippen molar-refractivity contribution in [2.24, 2.45) is 5.73 Å². The molecule has 0 bridgehead atoms. The molecule has 1 aromatic heterocycles. The van der Waals surface area contributed by atoms with E-state index in [0.717, 1.165) is 24.5 Å². The summed E-state index contributed by atoms with van der Waals surface area (Å²) in [6.07, 6.45) is 11.7. The molecule has 32 heavy (non-hydrogen) atoms. The summed E-state index contributed by atoms with van der Waals surface area (Å²) in [5, 5.41) is 14.6. The number of nitrogens with two attached hydrogens (primary N) is 1. The molecule has 1 saturated carbocycles. The number of carbonyl (C=O) groups is 1. The number of primary amides is 1.